The first kappa shape index (κ1) is 15.0. The Kier molecular flexibility index (Phi) is 4.93. The van der Waals surface area contributed by atoms with Gasteiger partial charge in [-0.2, -0.15) is 0 Å². The fourth-order valence-electron chi connectivity index (χ4n) is 3.47. The molecular weight excluding hydrogens is 264 g/mol. The molecular formula is C16H28N4O. The van der Waals surface area contributed by atoms with E-state index in [1.807, 2.05) is 6.20 Å². The first-order valence-corrected chi connectivity index (χ1v) is 8.27. The number of nitrogens with zero attached hydrogens (tertiary/aromatic N) is 3. The molecule has 0 aromatic carbocycles. The Morgan fingerprint density at radius 2 is 2.24 bits per heavy atom. The lowest BCUT2D eigenvalue weighted by atomic mass is 10.1. The molecule has 2 aliphatic rings. The van der Waals surface area contributed by atoms with Gasteiger partial charge < -0.3 is 9.72 Å². The molecule has 1 N–H and O–H groups in total. The first-order chi connectivity index (χ1) is 10.2. The van der Waals surface area contributed by atoms with Gasteiger partial charge in [0, 0.05) is 56.5 Å². The van der Waals surface area contributed by atoms with Crippen molar-refractivity contribution in [2.45, 2.75) is 38.8 Å². The van der Waals surface area contributed by atoms with Crippen LogP contribution in [0.5, 0.6) is 0 Å². The lowest BCUT2D eigenvalue weighted by molar-refractivity contribution is 0.0513. The molecule has 1 aromatic heterocycles. The highest BCUT2D eigenvalue weighted by atomic mass is 16.5. The summed E-state index contributed by atoms with van der Waals surface area (Å²) in [6, 6.07) is 0.528. The van der Waals surface area contributed by atoms with Crippen LogP contribution in [0.2, 0.25) is 0 Å². The summed E-state index contributed by atoms with van der Waals surface area (Å²) < 4.78 is 5.79. The topological polar surface area (TPSA) is 44.4 Å². The number of rotatable bonds is 5. The van der Waals surface area contributed by atoms with E-state index in [1.165, 1.54) is 18.5 Å². The molecule has 2 aliphatic heterocycles. The summed E-state index contributed by atoms with van der Waals surface area (Å²) in [5, 5.41) is 0. The fraction of sp³-hybridized carbons (Fsp3) is 0.812. The second kappa shape index (κ2) is 6.90. The smallest absolute Gasteiger partial charge is 0.106 e. The Labute approximate surface area is 127 Å². The van der Waals surface area contributed by atoms with Crippen LogP contribution in [-0.2, 0) is 17.7 Å². The van der Waals surface area contributed by atoms with E-state index < -0.39 is 0 Å². The maximum atomic E-state index is 5.79. The standard InChI is InChI=1S/C16H28N4O/c1-3-4-5-16-17-6-14(18-16)9-20-8-13-7-19(2)15(10-20)12-21-11-13/h6,13,15H,3-5,7-12H2,1-2H3,(H,17,18)/t13-,15+/m1/s1. The monoisotopic (exact) mass is 292 g/mol. The van der Waals surface area contributed by atoms with Crippen molar-refractivity contribution in [2.24, 2.45) is 5.92 Å². The average molecular weight is 292 g/mol. The normalized spacial score (nSPS) is 27.7. The maximum Gasteiger partial charge on any atom is 0.106 e. The number of aromatic nitrogens is 2. The molecule has 3 rings (SSSR count). The van der Waals surface area contributed by atoms with Gasteiger partial charge >= 0.3 is 0 Å². The number of unbranched alkanes of at least 4 members (excludes halogenated alkanes) is 1. The van der Waals surface area contributed by atoms with Crippen molar-refractivity contribution in [1.29, 1.82) is 0 Å². The van der Waals surface area contributed by atoms with Crippen molar-refractivity contribution < 1.29 is 4.74 Å². The first-order valence-electron chi connectivity index (χ1n) is 8.27. The van der Waals surface area contributed by atoms with E-state index in [9.17, 15) is 0 Å². The maximum absolute atomic E-state index is 5.79. The van der Waals surface area contributed by atoms with Crippen LogP contribution in [0.25, 0.3) is 0 Å². The predicted molar refractivity (Wildman–Crippen MR) is 83.2 cm³/mol. The predicted octanol–water partition coefficient (Wildman–Crippen LogP) is 1.51. The van der Waals surface area contributed by atoms with Gasteiger partial charge in [0.05, 0.1) is 13.2 Å². The van der Waals surface area contributed by atoms with Crippen LogP contribution < -0.4 is 0 Å². The summed E-state index contributed by atoms with van der Waals surface area (Å²) in [5.74, 6) is 1.77. The summed E-state index contributed by atoms with van der Waals surface area (Å²) in [4.78, 5) is 13.0. The Morgan fingerprint density at radius 3 is 3.10 bits per heavy atom. The summed E-state index contributed by atoms with van der Waals surface area (Å²) in [7, 11) is 2.23. The molecule has 1 aromatic rings. The zero-order valence-corrected chi connectivity index (χ0v) is 13.3. The average Bonchev–Trinajstić information content (AvgIpc) is 2.74. The molecule has 0 saturated carbocycles. The molecule has 5 heteroatoms. The molecule has 118 valence electrons. The zero-order chi connectivity index (χ0) is 14.7. The van der Waals surface area contributed by atoms with Crippen LogP contribution in [0.3, 0.4) is 0 Å². The molecule has 0 amide bonds. The van der Waals surface area contributed by atoms with Crippen LogP contribution in [0.4, 0.5) is 0 Å². The van der Waals surface area contributed by atoms with Gasteiger partial charge in [0.1, 0.15) is 5.82 Å². The second-order valence-electron chi connectivity index (χ2n) is 6.65. The van der Waals surface area contributed by atoms with Crippen molar-refractivity contribution in [3.63, 3.8) is 0 Å². The summed E-state index contributed by atoms with van der Waals surface area (Å²) in [6.45, 7) is 8.36. The van der Waals surface area contributed by atoms with Crippen molar-refractivity contribution >= 4 is 0 Å². The number of H-pyrrole nitrogens is 1. The Balaban J connectivity index is 1.60. The third kappa shape index (κ3) is 3.84. The third-order valence-corrected chi connectivity index (χ3v) is 4.66. The quantitative estimate of drug-likeness (QED) is 0.893. The van der Waals surface area contributed by atoms with Gasteiger partial charge in [0.25, 0.3) is 0 Å². The number of hydrogen-bond donors (Lipinski definition) is 1. The van der Waals surface area contributed by atoms with Gasteiger partial charge in [-0.1, -0.05) is 13.3 Å². The van der Waals surface area contributed by atoms with Crippen LogP contribution in [0.1, 0.15) is 31.3 Å². The van der Waals surface area contributed by atoms with E-state index in [2.05, 4.69) is 33.7 Å². The van der Waals surface area contributed by atoms with E-state index in [1.54, 1.807) is 0 Å². The summed E-state index contributed by atoms with van der Waals surface area (Å²) in [6.07, 6.45) is 5.52. The number of aryl methyl sites for hydroxylation is 1. The number of nitrogens with one attached hydrogen (secondary N) is 1. The van der Waals surface area contributed by atoms with E-state index in [-0.39, 0.29) is 0 Å². The lowest BCUT2D eigenvalue weighted by Gasteiger charge is -2.29. The Morgan fingerprint density at radius 1 is 1.33 bits per heavy atom. The highest BCUT2D eigenvalue weighted by Crippen LogP contribution is 2.19. The number of hydrogen-bond acceptors (Lipinski definition) is 4. The minimum Gasteiger partial charge on any atom is -0.379 e. The highest BCUT2D eigenvalue weighted by molar-refractivity contribution is 5.02. The molecule has 21 heavy (non-hydrogen) atoms. The molecule has 2 atom stereocenters. The Hall–Kier alpha value is -0.910. The number of ether oxygens (including phenoxy) is 1. The van der Waals surface area contributed by atoms with E-state index in [0.717, 1.165) is 51.6 Å². The third-order valence-electron chi connectivity index (χ3n) is 4.66. The zero-order valence-electron chi connectivity index (χ0n) is 13.3. The van der Waals surface area contributed by atoms with Crippen molar-refractivity contribution in [1.82, 2.24) is 19.8 Å². The molecule has 0 unspecified atom stereocenters. The van der Waals surface area contributed by atoms with Crippen molar-refractivity contribution in [3.05, 3.63) is 17.7 Å². The van der Waals surface area contributed by atoms with E-state index >= 15 is 0 Å². The lowest BCUT2D eigenvalue weighted by Crippen LogP contribution is -2.41. The largest absolute Gasteiger partial charge is 0.379 e. The minimum atomic E-state index is 0.528. The van der Waals surface area contributed by atoms with Crippen LogP contribution in [0, 0.1) is 5.92 Å². The van der Waals surface area contributed by atoms with Gasteiger partial charge in [-0.3, -0.25) is 9.80 Å². The van der Waals surface area contributed by atoms with Crippen LogP contribution in [-0.4, -0.2) is 65.7 Å². The van der Waals surface area contributed by atoms with Gasteiger partial charge in [0.15, 0.2) is 0 Å². The molecule has 0 spiro atoms. The molecule has 2 bridgehead atoms. The number of likely N-dealkylation sites (N-methyl/N-ethyl adjacent to an activating group) is 1. The van der Waals surface area contributed by atoms with Crippen LogP contribution in [0.15, 0.2) is 6.20 Å². The Bertz CT molecular complexity index is 447. The summed E-state index contributed by atoms with van der Waals surface area (Å²) in [5.41, 5.74) is 1.25. The fourth-order valence-corrected chi connectivity index (χ4v) is 3.47. The van der Waals surface area contributed by atoms with Crippen molar-refractivity contribution in [3.8, 4) is 0 Å². The second-order valence-corrected chi connectivity index (χ2v) is 6.65. The van der Waals surface area contributed by atoms with Crippen LogP contribution >= 0.6 is 0 Å². The molecule has 2 saturated heterocycles. The van der Waals surface area contributed by atoms with Gasteiger partial charge in [-0.25, -0.2) is 4.98 Å². The number of fused-ring (bicyclic) bond motifs is 3. The van der Waals surface area contributed by atoms with E-state index in [4.69, 9.17) is 4.74 Å². The van der Waals surface area contributed by atoms with E-state index in [0.29, 0.717) is 12.0 Å². The van der Waals surface area contributed by atoms with Gasteiger partial charge in [-0.05, 0) is 13.5 Å². The van der Waals surface area contributed by atoms with Gasteiger partial charge in [0.2, 0.25) is 0 Å². The molecule has 2 fully saturated rings. The molecule has 5 nitrogen and oxygen atoms in total. The number of aromatic amines is 1. The van der Waals surface area contributed by atoms with Gasteiger partial charge in [-0.15, -0.1) is 0 Å². The molecule has 3 heterocycles. The van der Waals surface area contributed by atoms with Crippen molar-refractivity contribution in [2.75, 3.05) is 39.9 Å². The highest BCUT2D eigenvalue weighted by Gasteiger charge is 2.31. The molecule has 0 radical (unpaired) electrons. The minimum absolute atomic E-state index is 0.528. The number of imidazole rings is 1. The summed E-state index contributed by atoms with van der Waals surface area (Å²) >= 11 is 0. The molecule has 0 aliphatic carbocycles. The SMILES string of the molecule is CCCCc1ncc(CN2C[C@@H]3COC[C@H](C2)N(C)C3)[nH]1.